The number of ketones is 1. The molecule has 0 saturated carbocycles. The lowest BCUT2D eigenvalue weighted by Gasteiger charge is -2.27. The summed E-state index contributed by atoms with van der Waals surface area (Å²) in [5.41, 5.74) is 2.85. The Morgan fingerprint density at radius 1 is 1.24 bits per heavy atom. The minimum Gasteiger partial charge on any atom is -0.369 e. The van der Waals surface area contributed by atoms with E-state index in [9.17, 15) is 4.79 Å². The number of fused-ring (bicyclic) bond motifs is 1. The molecule has 1 aromatic carbocycles. The van der Waals surface area contributed by atoms with Crippen molar-refractivity contribution >= 4 is 5.78 Å². The van der Waals surface area contributed by atoms with Crippen LogP contribution in [0.15, 0.2) is 18.2 Å². The highest BCUT2D eigenvalue weighted by atomic mass is 16.5. The molecular formula is C18H25NO2. The van der Waals surface area contributed by atoms with Crippen LogP contribution in [-0.4, -0.2) is 23.5 Å². The van der Waals surface area contributed by atoms with E-state index in [2.05, 4.69) is 31.3 Å². The van der Waals surface area contributed by atoms with Crippen LogP contribution < -0.4 is 5.32 Å². The molecule has 2 aliphatic rings. The van der Waals surface area contributed by atoms with Crippen LogP contribution >= 0.6 is 0 Å². The lowest BCUT2D eigenvalue weighted by Crippen LogP contribution is -2.34. The molecule has 114 valence electrons. The number of hydrogen-bond acceptors (Lipinski definition) is 3. The van der Waals surface area contributed by atoms with E-state index in [4.69, 9.17) is 4.74 Å². The van der Waals surface area contributed by atoms with Gasteiger partial charge >= 0.3 is 0 Å². The summed E-state index contributed by atoms with van der Waals surface area (Å²) in [5.74, 6) is 0.154. The third-order valence-corrected chi connectivity index (χ3v) is 4.77. The summed E-state index contributed by atoms with van der Waals surface area (Å²) in [4.78, 5) is 12.9. The Kier molecular flexibility index (Phi) is 3.45. The first kappa shape index (κ1) is 14.7. The van der Waals surface area contributed by atoms with Crippen LogP contribution in [0.3, 0.4) is 0 Å². The molecule has 1 fully saturated rings. The molecule has 0 spiro atoms. The second-order valence-electron chi connectivity index (χ2n) is 7.50. The zero-order valence-corrected chi connectivity index (χ0v) is 13.5. The van der Waals surface area contributed by atoms with Crippen molar-refractivity contribution < 1.29 is 9.53 Å². The van der Waals surface area contributed by atoms with Gasteiger partial charge in [0.2, 0.25) is 0 Å². The van der Waals surface area contributed by atoms with Crippen LogP contribution in [0.2, 0.25) is 0 Å². The monoisotopic (exact) mass is 287 g/mol. The first-order valence-corrected chi connectivity index (χ1v) is 7.85. The molecule has 1 atom stereocenters. The van der Waals surface area contributed by atoms with Crippen molar-refractivity contribution in [1.29, 1.82) is 0 Å². The lowest BCUT2D eigenvalue weighted by molar-refractivity contribution is -0.0712. The first-order valence-electron chi connectivity index (χ1n) is 7.85. The molecule has 0 bridgehead atoms. The summed E-state index contributed by atoms with van der Waals surface area (Å²) in [6.45, 7) is 10.1. The quantitative estimate of drug-likeness (QED) is 0.849. The SMILES string of the molecule is CC1(C)CC(C(=O)c2ccc3c(c2)CNCC3)C(C)(C)O1. The molecule has 21 heavy (non-hydrogen) atoms. The molecule has 0 aromatic heterocycles. The number of Topliss-reactive ketones (excluding diaryl/α,β-unsaturated/α-hetero) is 1. The third-order valence-electron chi connectivity index (χ3n) is 4.77. The largest absolute Gasteiger partial charge is 0.369 e. The second kappa shape index (κ2) is 4.92. The molecule has 0 aliphatic carbocycles. The first-order chi connectivity index (χ1) is 9.78. The van der Waals surface area contributed by atoms with Gasteiger partial charge in [-0.15, -0.1) is 0 Å². The van der Waals surface area contributed by atoms with Crippen molar-refractivity contribution in [1.82, 2.24) is 5.32 Å². The van der Waals surface area contributed by atoms with Crippen LogP contribution in [0.1, 0.15) is 55.6 Å². The van der Waals surface area contributed by atoms with E-state index in [0.717, 1.165) is 31.5 Å². The van der Waals surface area contributed by atoms with Crippen LogP contribution in [0.5, 0.6) is 0 Å². The zero-order valence-electron chi connectivity index (χ0n) is 13.5. The fourth-order valence-corrected chi connectivity index (χ4v) is 3.81. The molecule has 3 heteroatoms. The molecular weight excluding hydrogens is 262 g/mol. The average Bonchev–Trinajstić information content (AvgIpc) is 2.65. The summed E-state index contributed by atoms with van der Waals surface area (Å²) >= 11 is 0. The minimum absolute atomic E-state index is 0.0675. The number of rotatable bonds is 2. The summed E-state index contributed by atoms with van der Waals surface area (Å²) in [7, 11) is 0. The highest BCUT2D eigenvalue weighted by molar-refractivity contribution is 5.99. The van der Waals surface area contributed by atoms with E-state index in [1.165, 1.54) is 11.1 Å². The van der Waals surface area contributed by atoms with Crippen LogP contribution in [0.25, 0.3) is 0 Å². The molecule has 3 nitrogen and oxygen atoms in total. The Balaban J connectivity index is 1.89. The molecule has 1 saturated heterocycles. The van der Waals surface area contributed by atoms with Gasteiger partial charge < -0.3 is 10.1 Å². The van der Waals surface area contributed by atoms with Gasteiger partial charge in [-0.3, -0.25) is 4.79 Å². The molecule has 1 N–H and O–H groups in total. The number of carbonyl (C=O) groups excluding carboxylic acids is 1. The highest BCUT2D eigenvalue weighted by Crippen LogP contribution is 2.43. The predicted molar refractivity (Wildman–Crippen MR) is 83.5 cm³/mol. The van der Waals surface area contributed by atoms with E-state index in [1.807, 2.05) is 19.9 Å². The van der Waals surface area contributed by atoms with E-state index < -0.39 is 5.60 Å². The number of ether oxygens (including phenoxy) is 1. The average molecular weight is 287 g/mol. The third kappa shape index (κ3) is 2.77. The second-order valence-corrected chi connectivity index (χ2v) is 7.50. The Bertz CT molecular complexity index is 575. The fourth-order valence-electron chi connectivity index (χ4n) is 3.81. The summed E-state index contributed by atoms with van der Waals surface area (Å²) in [5, 5.41) is 3.37. The van der Waals surface area contributed by atoms with Gasteiger partial charge in [-0.25, -0.2) is 0 Å². The normalized spacial score (nSPS) is 26.4. The van der Waals surface area contributed by atoms with E-state index in [1.54, 1.807) is 0 Å². The molecule has 3 rings (SSSR count). The number of hydrogen-bond donors (Lipinski definition) is 1. The topological polar surface area (TPSA) is 38.3 Å². The maximum absolute atomic E-state index is 12.9. The summed E-state index contributed by atoms with van der Waals surface area (Å²) in [6, 6.07) is 6.19. The zero-order chi connectivity index (χ0) is 15.3. The van der Waals surface area contributed by atoms with Crippen molar-refractivity contribution in [2.45, 2.75) is 58.3 Å². The molecule has 1 aromatic rings. The maximum Gasteiger partial charge on any atom is 0.168 e. The highest BCUT2D eigenvalue weighted by Gasteiger charge is 2.49. The van der Waals surface area contributed by atoms with Crippen molar-refractivity contribution in [3.05, 3.63) is 34.9 Å². The Hall–Kier alpha value is -1.19. The Morgan fingerprint density at radius 2 is 2.00 bits per heavy atom. The van der Waals surface area contributed by atoms with Crippen molar-refractivity contribution in [2.24, 2.45) is 5.92 Å². The fraction of sp³-hybridized carbons (Fsp3) is 0.611. The molecule has 0 radical (unpaired) electrons. The summed E-state index contributed by atoms with van der Waals surface area (Å²) < 4.78 is 6.07. The van der Waals surface area contributed by atoms with Crippen molar-refractivity contribution in [3.63, 3.8) is 0 Å². The van der Waals surface area contributed by atoms with Gasteiger partial charge in [0, 0.05) is 12.1 Å². The van der Waals surface area contributed by atoms with Crippen LogP contribution in [0.4, 0.5) is 0 Å². The number of carbonyl (C=O) groups is 1. The van der Waals surface area contributed by atoms with E-state index in [0.29, 0.717) is 0 Å². The van der Waals surface area contributed by atoms with Gasteiger partial charge in [0.1, 0.15) is 0 Å². The maximum atomic E-state index is 12.9. The summed E-state index contributed by atoms with van der Waals surface area (Å²) in [6.07, 6.45) is 1.84. The lowest BCUT2D eigenvalue weighted by atomic mass is 9.81. The molecule has 1 unspecified atom stereocenters. The minimum atomic E-state index is -0.394. The van der Waals surface area contributed by atoms with Crippen LogP contribution in [0, 0.1) is 5.92 Å². The van der Waals surface area contributed by atoms with Crippen molar-refractivity contribution in [3.8, 4) is 0 Å². The Morgan fingerprint density at radius 3 is 2.67 bits per heavy atom. The van der Waals surface area contributed by atoms with Gasteiger partial charge in [0.05, 0.1) is 17.1 Å². The molecule has 0 amide bonds. The van der Waals surface area contributed by atoms with Gasteiger partial charge in [-0.05, 0) is 64.3 Å². The van der Waals surface area contributed by atoms with Gasteiger partial charge in [-0.2, -0.15) is 0 Å². The molecule has 2 aliphatic heterocycles. The van der Waals surface area contributed by atoms with Gasteiger partial charge in [-0.1, -0.05) is 12.1 Å². The number of benzene rings is 1. The standard InChI is InChI=1S/C18H25NO2/c1-17(2)10-15(18(3,4)21-17)16(20)13-6-5-12-7-8-19-11-14(12)9-13/h5-6,9,15,19H,7-8,10-11H2,1-4H3. The van der Waals surface area contributed by atoms with E-state index >= 15 is 0 Å². The van der Waals surface area contributed by atoms with Crippen LogP contribution in [-0.2, 0) is 17.7 Å². The predicted octanol–water partition coefficient (Wildman–Crippen LogP) is 3.11. The van der Waals surface area contributed by atoms with Gasteiger partial charge in [0.15, 0.2) is 5.78 Å². The smallest absolute Gasteiger partial charge is 0.168 e. The Labute approximate surface area is 127 Å². The number of nitrogens with one attached hydrogen (secondary N) is 1. The van der Waals surface area contributed by atoms with Crippen molar-refractivity contribution in [2.75, 3.05) is 6.54 Å². The molecule has 2 heterocycles. The van der Waals surface area contributed by atoms with E-state index in [-0.39, 0.29) is 17.3 Å². The van der Waals surface area contributed by atoms with Gasteiger partial charge in [0.25, 0.3) is 0 Å².